The summed E-state index contributed by atoms with van der Waals surface area (Å²) in [5, 5.41) is 2.98. The second kappa shape index (κ2) is 8.65. The molecule has 0 fully saturated rings. The van der Waals surface area contributed by atoms with E-state index in [4.69, 9.17) is 4.74 Å². The number of amides is 1. The minimum Gasteiger partial charge on any atom is -0.481 e. The molecular weight excluding hydrogens is 376 g/mol. The number of nitrogens with one attached hydrogen (secondary N) is 1. The molecule has 0 aliphatic rings. The standard InChI is InChI=1S/C21H28N2O4S/c1-14(2)19-9-7-8-15(3)20(19)22-21(24)16(4)27-18-12-10-17(11-13-18)23(5)28(6,25)26/h7-14,16H,1-6H3,(H,22,24). The number of hydrogen-bond acceptors (Lipinski definition) is 4. The number of ether oxygens (including phenoxy) is 1. The third-order valence-electron chi connectivity index (χ3n) is 4.56. The van der Waals surface area contributed by atoms with Crippen LogP contribution in [0.4, 0.5) is 11.4 Å². The molecule has 0 aromatic heterocycles. The first-order chi connectivity index (χ1) is 13.0. The third-order valence-corrected chi connectivity index (χ3v) is 5.76. The van der Waals surface area contributed by atoms with Gasteiger partial charge >= 0.3 is 0 Å². The van der Waals surface area contributed by atoms with E-state index in [1.807, 2.05) is 25.1 Å². The van der Waals surface area contributed by atoms with Crippen molar-refractivity contribution in [3.05, 3.63) is 53.6 Å². The number of aryl methyl sites for hydroxylation is 1. The fraction of sp³-hybridized carbons (Fsp3) is 0.381. The Morgan fingerprint density at radius 2 is 1.68 bits per heavy atom. The number of sulfonamides is 1. The van der Waals surface area contributed by atoms with Crippen LogP contribution in [0.5, 0.6) is 5.75 Å². The molecular formula is C21H28N2O4S. The second-order valence-electron chi connectivity index (χ2n) is 7.17. The van der Waals surface area contributed by atoms with E-state index in [2.05, 4.69) is 19.2 Å². The van der Waals surface area contributed by atoms with Crippen molar-refractivity contribution in [2.24, 2.45) is 0 Å². The van der Waals surface area contributed by atoms with Crippen molar-refractivity contribution in [2.75, 3.05) is 22.9 Å². The summed E-state index contributed by atoms with van der Waals surface area (Å²) in [6.45, 7) is 7.81. The Morgan fingerprint density at radius 3 is 2.21 bits per heavy atom. The number of hydrogen-bond donors (Lipinski definition) is 1. The summed E-state index contributed by atoms with van der Waals surface area (Å²) < 4.78 is 30.1. The van der Waals surface area contributed by atoms with Crippen molar-refractivity contribution in [3.63, 3.8) is 0 Å². The number of para-hydroxylation sites is 1. The Balaban J connectivity index is 2.09. The van der Waals surface area contributed by atoms with Crippen LogP contribution in [0.2, 0.25) is 0 Å². The molecule has 0 aliphatic carbocycles. The van der Waals surface area contributed by atoms with Gasteiger partial charge in [-0.05, 0) is 55.2 Å². The molecule has 152 valence electrons. The maximum Gasteiger partial charge on any atom is 0.265 e. The fourth-order valence-corrected chi connectivity index (χ4v) is 3.26. The van der Waals surface area contributed by atoms with Gasteiger partial charge in [-0.25, -0.2) is 8.42 Å². The number of rotatable bonds is 7. The van der Waals surface area contributed by atoms with Crippen LogP contribution in [-0.4, -0.2) is 33.7 Å². The van der Waals surface area contributed by atoms with Crippen LogP contribution < -0.4 is 14.4 Å². The lowest BCUT2D eigenvalue weighted by atomic mass is 9.98. The summed E-state index contributed by atoms with van der Waals surface area (Å²) >= 11 is 0. The van der Waals surface area contributed by atoms with E-state index in [0.29, 0.717) is 11.4 Å². The van der Waals surface area contributed by atoms with Crippen molar-refractivity contribution in [1.82, 2.24) is 0 Å². The van der Waals surface area contributed by atoms with Gasteiger partial charge in [0.05, 0.1) is 11.9 Å². The molecule has 0 heterocycles. The van der Waals surface area contributed by atoms with Gasteiger partial charge in [0.1, 0.15) is 5.75 Å². The lowest BCUT2D eigenvalue weighted by molar-refractivity contribution is -0.122. The van der Waals surface area contributed by atoms with Crippen molar-refractivity contribution in [3.8, 4) is 5.75 Å². The highest BCUT2D eigenvalue weighted by Crippen LogP contribution is 2.28. The van der Waals surface area contributed by atoms with Crippen LogP contribution in [0.25, 0.3) is 0 Å². The van der Waals surface area contributed by atoms with Gasteiger partial charge in [-0.1, -0.05) is 32.0 Å². The molecule has 0 bridgehead atoms. The maximum atomic E-state index is 12.6. The quantitative estimate of drug-likeness (QED) is 0.759. The first-order valence-electron chi connectivity index (χ1n) is 9.11. The Bertz CT molecular complexity index is 937. The maximum absolute atomic E-state index is 12.6. The zero-order valence-corrected chi connectivity index (χ0v) is 18.0. The van der Waals surface area contributed by atoms with Gasteiger partial charge in [0.15, 0.2) is 6.10 Å². The minimum absolute atomic E-state index is 0.242. The average molecular weight is 405 g/mol. The van der Waals surface area contributed by atoms with Gasteiger partial charge in [-0.15, -0.1) is 0 Å². The molecule has 0 radical (unpaired) electrons. The van der Waals surface area contributed by atoms with Crippen molar-refractivity contribution in [2.45, 2.75) is 39.7 Å². The molecule has 1 unspecified atom stereocenters. The summed E-state index contributed by atoms with van der Waals surface area (Å²) in [6.07, 6.45) is 0.430. The molecule has 2 rings (SSSR count). The molecule has 7 heteroatoms. The second-order valence-corrected chi connectivity index (χ2v) is 9.18. The summed E-state index contributed by atoms with van der Waals surface area (Å²) in [6, 6.07) is 12.5. The van der Waals surface area contributed by atoms with Crippen LogP contribution >= 0.6 is 0 Å². The predicted octanol–water partition coefficient (Wildman–Crippen LogP) is 3.92. The van der Waals surface area contributed by atoms with Gasteiger partial charge in [-0.3, -0.25) is 9.10 Å². The van der Waals surface area contributed by atoms with Crippen LogP contribution in [0.15, 0.2) is 42.5 Å². The van der Waals surface area contributed by atoms with Crippen LogP contribution in [0.1, 0.15) is 37.8 Å². The normalized spacial score (nSPS) is 12.5. The summed E-state index contributed by atoms with van der Waals surface area (Å²) in [5.41, 5.74) is 3.42. The molecule has 0 spiro atoms. The molecule has 28 heavy (non-hydrogen) atoms. The Kier molecular flexibility index (Phi) is 6.72. The molecule has 1 atom stereocenters. The largest absolute Gasteiger partial charge is 0.481 e. The molecule has 0 saturated carbocycles. The van der Waals surface area contributed by atoms with E-state index < -0.39 is 16.1 Å². The number of carbonyl (C=O) groups excluding carboxylic acids is 1. The minimum atomic E-state index is -3.33. The molecule has 2 aromatic carbocycles. The number of benzene rings is 2. The van der Waals surface area contributed by atoms with Gasteiger partial charge in [-0.2, -0.15) is 0 Å². The number of carbonyl (C=O) groups is 1. The Labute approximate surface area is 167 Å². The van der Waals surface area contributed by atoms with E-state index in [-0.39, 0.29) is 11.8 Å². The van der Waals surface area contributed by atoms with E-state index in [0.717, 1.165) is 23.1 Å². The van der Waals surface area contributed by atoms with Crippen molar-refractivity contribution >= 4 is 27.3 Å². The molecule has 1 amide bonds. The molecule has 0 aliphatic heterocycles. The summed E-state index contributed by atoms with van der Waals surface area (Å²) in [4.78, 5) is 12.6. The Morgan fingerprint density at radius 1 is 1.07 bits per heavy atom. The van der Waals surface area contributed by atoms with Gasteiger partial charge in [0, 0.05) is 12.7 Å². The highest BCUT2D eigenvalue weighted by atomic mass is 32.2. The molecule has 6 nitrogen and oxygen atoms in total. The number of nitrogens with zero attached hydrogens (tertiary/aromatic N) is 1. The zero-order valence-electron chi connectivity index (χ0n) is 17.2. The lowest BCUT2D eigenvalue weighted by Crippen LogP contribution is -2.31. The first kappa shape index (κ1) is 21.8. The van der Waals surface area contributed by atoms with Gasteiger partial charge in [0.25, 0.3) is 5.91 Å². The number of anilines is 2. The zero-order chi connectivity index (χ0) is 21.1. The summed E-state index contributed by atoms with van der Waals surface area (Å²) in [7, 11) is -1.84. The smallest absolute Gasteiger partial charge is 0.265 e. The third kappa shape index (κ3) is 5.25. The van der Waals surface area contributed by atoms with Crippen LogP contribution in [0, 0.1) is 6.92 Å². The van der Waals surface area contributed by atoms with Gasteiger partial charge in [0.2, 0.25) is 10.0 Å². The highest BCUT2D eigenvalue weighted by Gasteiger charge is 2.19. The summed E-state index contributed by atoms with van der Waals surface area (Å²) in [5.74, 6) is 0.529. The van der Waals surface area contributed by atoms with Crippen molar-refractivity contribution < 1.29 is 17.9 Å². The van der Waals surface area contributed by atoms with E-state index in [1.54, 1.807) is 31.2 Å². The van der Waals surface area contributed by atoms with E-state index in [9.17, 15) is 13.2 Å². The first-order valence-corrected chi connectivity index (χ1v) is 11.0. The Hall–Kier alpha value is -2.54. The predicted molar refractivity (Wildman–Crippen MR) is 114 cm³/mol. The topological polar surface area (TPSA) is 75.7 Å². The SMILES string of the molecule is Cc1cccc(C(C)C)c1NC(=O)C(C)Oc1ccc(N(C)S(C)(=O)=O)cc1. The van der Waals surface area contributed by atoms with Crippen LogP contribution in [-0.2, 0) is 14.8 Å². The highest BCUT2D eigenvalue weighted by molar-refractivity contribution is 7.92. The fourth-order valence-electron chi connectivity index (χ4n) is 2.75. The monoisotopic (exact) mass is 404 g/mol. The van der Waals surface area contributed by atoms with E-state index >= 15 is 0 Å². The lowest BCUT2D eigenvalue weighted by Gasteiger charge is -2.20. The average Bonchev–Trinajstić information content (AvgIpc) is 2.62. The molecule has 2 aromatic rings. The van der Waals surface area contributed by atoms with Gasteiger partial charge < -0.3 is 10.1 Å². The van der Waals surface area contributed by atoms with Crippen LogP contribution in [0.3, 0.4) is 0 Å². The van der Waals surface area contributed by atoms with E-state index in [1.165, 1.54) is 11.4 Å². The van der Waals surface area contributed by atoms with Crippen molar-refractivity contribution in [1.29, 1.82) is 0 Å². The molecule has 0 saturated heterocycles. The molecule has 1 N–H and O–H groups in total.